The van der Waals surface area contributed by atoms with Crippen LogP contribution >= 0.6 is 11.6 Å². The van der Waals surface area contributed by atoms with Crippen LogP contribution in [0.5, 0.6) is 0 Å². The van der Waals surface area contributed by atoms with Crippen LogP contribution < -0.4 is 10.2 Å². The van der Waals surface area contributed by atoms with Gasteiger partial charge in [0.25, 0.3) is 0 Å². The van der Waals surface area contributed by atoms with E-state index in [1.807, 2.05) is 13.0 Å². The smallest absolute Gasteiger partial charge is 0.229 e. The minimum atomic E-state index is -0.471. The monoisotopic (exact) mass is 349 g/mol. The molecule has 0 unspecified atom stereocenters. The van der Waals surface area contributed by atoms with E-state index in [9.17, 15) is 9.18 Å². The molecule has 0 saturated carbocycles. The lowest BCUT2D eigenvalue weighted by Crippen LogP contribution is -2.46. The SMILES string of the molecule is Cc1cc(N2CCN(C=O)CC2)nc(Nc2ccc(F)c(Cl)c2)n1. The quantitative estimate of drug-likeness (QED) is 0.860. The highest BCUT2D eigenvalue weighted by atomic mass is 35.5. The largest absolute Gasteiger partial charge is 0.353 e. The summed E-state index contributed by atoms with van der Waals surface area (Å²) in [6.45, 7) is 4.66. The van der Waals surface area contributed by atoms with Gasteiger partial charge in [-0.1, -0.05) is 11.6 Å². The van der Waals surface area contributed by atoms with Gasteiger partial charge in [-0.2, -0.15) is 4.98 Å². The van der Waals surface area contributed by atoms with Crippen molar-refractivity contribution in [3.05, 3.63) is 40.8 Å². The molecule has 1 aromatic heterocycles. The molecule has 2 heterocycles. The van der Waals surface area contributed by atoms with Crippen LogP contribution in [-0.2, 0) is 4.79 Å². The van der Waals surface area contributed by atoms with Gasteiger partial charge >= 0.3 is 0 Å². The number of nitrogens with one attached hydrogen (secondary N) is 1. The van der Waals surface area contributed by atoms with Crippen molar-refractivity contribution < 1.29 is 9.18 Å². The molecular formula is C16H17ClFN5O. The Hall–Kier alpha value is -2.41. The first-order valence-corrected chi connectivity index (χ1v) is 7.95. The van der Waals surface area contributed by atoms with Gasteiger partial charge in [0.1, 0.15) is 11.6 Å². The number of hydrogen-bond acceptors (Lipinski definition) is 5. The van der Waals surface area contributed by atoms with Gasteiger partial charge in [0.05, 0.1) is 5.02 Å². The molecule has 1 saturated heterocycles. The number of benzene rings is 1. The standard InChI is InChI=1S/C16H17ClFN5O/c1-11-8-15(23-6-4-22(10-24)5-7-23)21-16(19-11)20-12-2-3-14(18)13(17)9-12/h2-3,8-10H,4-7H2,1H3,(H,19,20,21). The number of carbonyl (C=O) groups excluding carboxylic acids is 1. The Bertz CT molecular complexity index is 749. The summed E-state index contributed by atoms with van der Waals surface area (Å²) in [6, 6.07) is 6.26. The zero-order valence-corrected chi connectivity index (χ0v) is 13.9. The maximum atomic E-state index is 13.2. The molecule has 6 nitrogen and oxygen atoms in total. The molecule has 126 valence electrons. The van der Waals surface area contributed by atoms with Crippen LogP contribution in [0.25, 0.3) is 0 Å². The summed E-state index contributed by atoms with van der Waals surface area (Å²) >= 11 is 5.79. The van der Waals surface area contributed by atoms with Crippen LogP contribution in [-0.4, -0.2) is 47.5 Å². The topological polar surface area (TPSA) is 61.4 Å². The summed E-state index contributed by atoms with van der Waals surface area (Å²) in [5, 5.41) is 3.09. The van der Waals surface area contributed by atoms with Crippen LogP contribution in [0.4, 0.5) is 21.8 Å². The number of anilines is 3. The van der Waals surface area contributed by atoms with E-state index in [2.05, 4.69) is 20.2 Å². The van der Waals surface area contributed by atoms with Gasteiger partial charge in [-0.25, -0.2) is 9.37 Å². The van der Waals surface area contributed by atoms with E-state index < -0.39 is 5.82 Å². The molecule has 8 heteroatoms. The third-order valence-corrected chi connectivity index (χ3v) is 4.09. The van der Waals surface area contributed by atoms with E-state index in [-0.39, 0.29) is 5.02 Å². The summed E-state index contributed by atoms with van der Waals surface area (Å²) in [6.07, 6.45) is 0.869. The van der Waals surface area contributed by atoms with Gasteiger partial charge in [0.15, 0.2) is 0 Å². The van der Waals surface area contributed by atoms with Gasteiger partial charge in [0, 0.05) is 43.6 Å². The minimum absolute atomic E-state index is 0.0397. The molecule has 1 amide bonds. The Morgan fingerprint density at radius 1 is 1.21 bits per heavy atom. The summed E-state index contributed by atoms with van der Waals surface area (Å²) in [5.74, 6) is 0.746. The Labute approximate surface area is 144 Å². The van der Waals surface area contributed by atoms with Crippen molar-refractivity contribution in [1.29, 1.82) is 0 Å². The van der Waals surface area contributed by atoms with Crippen molar-refractivity contribution in [1.82, 2.24) is 14.9 Å². The van der Waals surface area contributed by atoms with Crippen molar-refractivity contribution >= 4 is 35.5 Å². The summed E-state index contributed by atoms with van der Waals surface area (Å²) in [5.41, 5.74) is 1.43. The average molecular weight is 350 g/mol. The van der Waals surface area contributed by atoms with Crippen molar-refractivity contribution in [2.75, 3.05) is 36.4 Å². The molecule has 3 rings (SSSR count). The van der Waals surface area contributed by atoms with Gasteiger partial charge in [-0.15, -0.1) is 0 Å². The number of piperazine rings is 1. The highest BCUT2D eigenvalue weighted by Crippen LogP contribution is 2.23. The molecule has 24 heavy (non-hydrogen) atoms. The molecule has 0 aliphatic carbocycles. The van der Waals surface area contributed by atoms with Crippen LogP contribution in [0, 0.1) is 12.7 Å². The molecule has 0 radical (unpaired) electrons. The number of rotatable bonds is 4. The maximum absolute atomic E-state index is 13.2. The third-order valence-electron chi connectivity index (χ3n) is 3.80. The Balaban J connectivity index is 1.78. The van der Waals surface area contributed by atoms with Crippen LogP contribution in [0.3, 0.4) is 0 Å². The lowest BCUT2D eigenvalue weighted by molar-refractivity contribution is -0.118. The summed E-state index contributed by atoms with van der Waals surface area (Å²) in [4.78, 5) is 23.5. The van der Waals surface area contributed by atoms with Crippen LogP contribution in [0.2, 0.25) is 5.02 Å². The average Bonchev–Trinajstić information content (AvgIpc) is 2.58. The van der Waals surface area contributed by atoms with E-state index in [0.717, 1.165) is 31.0 Å². The maximum Gasteiger partial charge on any atom is 0.229 e. The molecule has 0 spiro atoms. The van der Waals surface area contributed by atoms with E-state index in [0.29, 0.717) is 24.7 Å². The zero-order valence-electron chi connectivity index (χ0n) is 13.2. The molecule has 1 N–H and O–H groups in total. The number of halogens is 2. The number of hydrogen-bond donors (Lipinski definition) is 1. The molecule has 0 bridgehead atoms. The van der Waals surface area contributed by atoms with Gasteiger partial charge < -0.3 is 15.1 Å². The molecule has 1 aromatic carbocycles. The van der Waals surface area contributed by atoms with Crippen molar-refractivity contribution in [3.8, 4) is 0 Å². The van der Waals surface area contributed by atoms with Crippen molar-refractivity contribution in [3.63, 3.8) is 0 Å². The highest BCUT2D eigenvalue weighted by molar-refractivity contribution is 6.31. The number of aromatic nitrogens is 2. The highest BCUT2D eigenvalue weighted by Gasteiger charge is 2.18. The van der Waals surface area contributed by atoms with E-state index in [1.165, 1.54) is 12.1 Å². The molecule has 1 fully saturated rings. The zero-order chi connectivity index (χ0) is 17.1. The number of aryl methyl sites for hydroxylation is 1. The summed E-state index contributed by atoms with van der Waals surface area (Å²) < 4.78 is 13.2. The minimum Gasteiger partial charge on any atom is -0.353 e. The van der Waals surface area contributed by atoms with E-state index in [4.69, 9.17) is 11.6 Å². The Morgan fingerprint density at radius 2 is 1.96 bits per heavy atom. The summed E-state index contributed by atoms with van der Waals surface area (Å²) in [7, 11) is 0. The van der Waals surface area contributed by atoms with Crippen LogP contribution in [0.15, 0.2) is 24.3 Å². The lowest BCUT2D eigenvalue weighted by Gasteiger charge is -2.33. The fourth-order valence-corrected chi connectivity index (χ4v) is 2.71. The van der Waals surface area contributed by atoms with Gasteiger partial charge in [0.2, 0.25) is 12.4 Å². The Morgan fingerprint density at radius 3 is 2.62 bits per heavy atom. The molecule has 0 atom stereocenters. The molecule has 1 aliphatic rings. The number of carbonyl (C=O) groups is 1. The molecule has 1 aliphatic heterocycles. The molecular weight excluding hydrogens is 333 g/mol. The normalized spacial score (nSPS) is 14.6. The van der Waals surface area contributed by atoms with Crippen LogP contribution in [0.1, 0.15) is 5.69 Å². The number of amides is 1. The molecule has 2 aromatic rings. The fourth-order valence-electron chi connectivity index (χ4n) is 2.53. The second-order valence-electron chi connectivity index (χ2n) is 5.57. The van der Waals surface area contributed by atoms with E-state index >= 15 is 0 Å². The van der Waals surface area contributed by atoms with E-state index in [1.54, 1.807) is 11.0 Å². The van der Waals surface area contributed by atoms with Gasteiger partial charge in [-0.05, 0) is 25.1 Å². The third kappa shape index (κ3) is 3.73. The predicted molar refractivity (Wildman–Crippen MR) is 91.3 cm³/mol. The fraction of sp³-hybridized carbons (Fsp3) is 0.312. The first-order valence-electron chi connectivity index (χ1n) is 7.57. The second kappa shape index (κ2) is 7.00. The first-order chi connectivity index (χ1) is 11.5. The lowest BCUT2D eigenvalue weighted by atomic mass is 10.3. The number of nitrogens with zero attached hydrogens (tertiary/aromatic N) is 4. The Kier molecular flexibility index (Phi) is 4.80. The van der Waals surface area contributed by atoms with Gasteiger partial charge in [-0.3, -0.25) is 4.79 Å². The predicted octanol–water partition coefficient (Wildman–Crippen LogP) is 2.60. The first kappa shape index (κ1) is 16.4. The van der Waals surface area contributed by atoms with Crippen molar-refractivity contribution in [2.24, 2.45) is 0 Å². The van der Waals surface area contributed by atoms with Crippen molar-refractivity contribution in [2.45, 2.75) is 6.92 Å². The second-order valence-corrected chi connectivity index (χ2v) is 5.98.